The van der Waals surface area contributed by atoms with E-state index >= 15 is 0 Å². The Bertz CT molecular complexity index is 1940. The van der Waals surface area contributed by atoms with Gasteiger partial charge < -0.3 is 31.5 Å². The number of fused-ring (bicyclic) bond motifs is 2. The van der Waals surface area contributed by atoms with Crippen LogP contribution in [0.1, 0.15) is 38.8 Å². The van der Waals surface area contributed by atoms with Gasteiger partial charge in [-0.15, -0.1) is 22.7 Å². The predicted molar refractivity (Wildman–Crippen MR) is 192 cm³/mol. The molecule has 0 unspecified atom stereocenters. The molecule has 5 aromatic rings. The zero-order chi connectivity index (χ0) is 35.3. The van der Waals surface area contributed by atoms with Gasteiger partial charge in [-0.1, -0.05) is 46.4 Å². The molecule has 0 bridgehead atoms. The van der Waals surface area contributed by atoms with E-state index in [-0.39, 0.29) is 84.3 Å². The van der Waals surface area contributed by atoms with Crippen molar-refractivity contribution in [2.45, 2.75) is 13.8 Å². The third kappa shape index (κ3) is 14.3. The number of anilines is 2. The molecule has 0 fully saturated rings. The molecule has 256 valence electrons. The second kappa shape index (κ2) is 23.5. The number of nitrogens with two attached hydrogens (primary N) is 2. The van der Waals surface area contributed by atoms with Crippen LogP contribution in [0.15, 0.2) is 36.4 Å². The number of pyridine rings is 3. The molecule has 5 heterocycles. The Hall–Kier alpha value is -2.02. The van der Waals surface area contributed by atoms with E-state index in [1.165, 1.54) is 23.5 Å². The number of halogens is 4. The number of carboxylic acid groups (broad SMARTS) is 1. The van der Waals surface area contributed by atoms with Gasteiger partial charge in [0.2, 0.25) is 0 Å². The van der Waals surface area contributed by atoms with Gasteiger partial charge in [0.15, 0.2) is 0 Å². The maximum atomic E-state index is 11.6. The number of hydrogen-bond acceptors (Lipinski definition) is 15. The summed E-state index contributed by atoms with van der Waals surface area (Å²) in [4.78, 5) is 45.8. The fourth-order valence-corrected chi connectivity index (χ4v) is 5.95. The minimum absolute atomic E-state index is 0. The van der Waals surface area contributed by atoms with Crippen LogP contribution in [0, 0.1) is 11.3 Å². The largest absolute Gasteiger partial charge is 1.00 e. The van der Waals surface area contributed by atoms with Crippen LogP contribution in [0.4, 0.5) is 11.4 Å². The second-order valence-electron chi connectivity index (χ2n) is 8.24. The first-order valence-electron chi connectivity index (χ1n) is 12.9. The fourth-order valence-electron chi connectivity index (χ4n) is 3.16. The Morgan fingerprint density at radius 3 is 1.69 bits per heavy atom. The van der Waals surface area contributed by atoms with Crippen LogP contribution in [-0.2, 0) is 14.3 Å². The van der Waals surface area contributed by atoms with Gasteiger partial charge in [-0.3, -0.25) is 4.79 Å². The van der Waals surface area contributed by atoms with Gasteiger partial charge >= 0.3 is 69.3 Å². The number of aromatic carboxylic acids is 1. The first-order valence-corrected chi connectivity index (χ1v) is 16.6. The van der Waals surface area contributed by atoms with E-state index in [1.807, 2.05) is 6.07 Å². The Morgan fingerprint density at radius 1 is 0.837 bits per heavy atom. The number of nitrogens with zero attached hydrogens (tertiary/aromatic N) is 4. The summed E-state index contributed by atoms with van der Waals surface area (Å²) >= 11 is 28.3. The number of carbonyl (C=O) groups excluding carboxylic acids is 2. The average molecular weight is 835 g/mol. The number of thiol groups is 1. The maximum absolute atomic E-state index is 11.6. The quantitative estimate of drug-likeness (QED) is 0.0827. The molecule has 0 saturated heterocycles. The molecule has 21 heteroatoms. The molecule has 0 amide bonds. The van der Waals surface area contributed by atoms with E-state index in [0.717, 1.165) is 16.7 Å². The van der Waals surface area contributed by atoms with Crippen LogP contribution in [0.2, 0.25) is 20.6 Å². The molecular formula is C28H25Cl4KN6O7S3. The van der Waals surface area contributed by atoms with Gasteiger partial charge in [0.1, 0.15) is 46.1 Å². The van der Waals surface area contributed by atoms with E-state index in [1.54, 1.807) is 38.1 Å². The summed E-state index contributed by atoms with van der Waals surface area (Å²) in [5.74, 6) is -1.54. The average Bonchev–Trinajstić information content (AvgIpc) is 3.53. The number of carbonyl (C=O) groups is 3. The van der Waals surface area contributed by atoms with Crippen molar-refractivity contribution in [1.29, 1.82) is 5.26 Å². The van der Waals surface area contributed by atoms with E-state index in [9.17, 15) is 14.4 Å². The van der Waals surface area contributed by atoms with E-state index in [0.29, 0.717) is 59.8 Å². The molecule has 0 radical (unpaired) electrons. The molecule has 6 N–H and O–H groups in total. The number of ether oxygens (including phenoxy) is 2. The number of hydrogen-bond donors (Lipinski definition) is 4. The van der Waals surface area contributed by atoms with Gasteiger partial charge in [-0.05, 0) is 50.2 Å². The van der Waals surface area contributed by atoms with Crippen molar-refractivity contribution < 1.29 is 85.8 Å². The van der Waals surface area contributed by atoms with Crippen molar-refractivity contribution >= 4 is 131 Å². The topological polar surface area (TPSA) is 234 Å². The maximum Gasteiger partial charge on any atom is 1.00 e. The van der Waals surface area contributed by atoms with Crippen molar-refractivity contribution in [3.05, 3.63) is 72.3 Å². The summed E-state index contributed by atoms with van der Waals surface area (Å²) in [5.41, 5.74) is 12.5. The van der Waals surface area contributed by atoms with Crippen molar-refractivity contribution in [3.63, 3.8) is 0 Å². The normalized spacial score (nSPS) is 9.51. The van der Waals surface area contributed by atoms with Crippen molar-refractivity contribution in [2.75, 3.05) is 30.4 Å². The van der Waals surface area contributed by atoms with Crippen molar-refractivity contribution in [1.82, 2.24) is 15.0 Å². The smallest absolute Gasteiger partial charge is 0.870 e. The van der Waals surface area contributed by atoms with Crippen molar-refractivity contribution in [2.24, 2.45) is 0 Å². The number of nitriles is 1. The van der Waals surface area contributed by atoms with Crippen LogP contribution in [0.5, 0.6) is 0 Å². The monoisotopic (exact) mass is 832 g/mol. The van der Waals surface area contributed by atoms with Gasteiger partial charge in [-0.2, -0.15) is 17.9 Å². The molecule has 0 aliphatic heterocycles. The first-order chi connectivity index (χ1) is 22.3. The number of esters is 2. The zero-order valence-corrected chi connectivity index (χ0v) is 34.4. The van der Waals surface area contributed by atoms with Crippen LogP contribution in [0.3, 0.4) is 0 Å². The Morgan fingerprint density at radius 2 is 1.29 bits per heavy atom. The van der Waals surface area contributed by atoms with E-state index in [2.05, 4.69) is 32.3 Å². The van der Waals surface area contributed by atoms with Gasteiger partial charge in [0.25, 0.3) is 0 Å². The molecule has 0 aromatic carbocycles. The summed E-state index contributed by atoms with van der Waals surface area (Å²) in [6.07, 6.45) is 0. The standard InChI is InChI=1S/C10H9ClN2O2S.C8H5ClN2O2S.C6H2Cl2N2.C4H8O2S.K.H2O/c1-2-15-10(14)8-7(12)5-3-4-6(11)13-9(5)16-8;9-4-2-1-3-5(10)6(8(12)13)14-7(3)11-4;7-5-2-1-4(3-9)6(8)10-5;1-2-6-4(5)3-7;;/h3-4H,2,12H2,1H3;1-2H,10H2,(H,12,13);1-2H;7H,2-3H2,1H3;;1H2/q;;;;+1;/p-1. The number of nitrogen functional groups attached to an aromatic ring is 2. The van der Waals surface area contributed by atoms with Crippen LogP contribution in [-0.4, -0.2) is 62.4 Å². The predicted octanol–water partition coefficient (Wildman–Crippen LogP) is 4.51. The minimum atomic E-state index is -1.04. The van der Waals surface area contributed by atoms with Crippen LogP contribution < -0.4 is 62.9 Å². The molecule has 13 nitrogen and oxygen atoms in total. The van der Waals surface area contributed by atoms with Crippen LogP contribution in [0.25, 0.3) is 20.4 Å². The summed E-state index contributed by atoms with van der Waals surface area (Å²) in [6, 6.07) is 11.6. The van der Waals surface area contributed by atoms with Gasteiger partial charge in [-0.25, -0.2) is 24.5 Å². The SMILES string of the molecule is CCOC(=O)CS.CCOC(=O)c1sc2nc(Cl)ccc2c1N.N#Cc1ccc(Cl)nc1Cl.Nc1c(C(=O)O)sc2nc(Cl)ccc12.[K+].[OH-]. The first kappa shape index (κ1) is 47.0. The van der Waals surface area contributed by atoms with Gasteiger partial charge in [0, 0.05) is 10.8 Å². The third-order valence-corrected chi connectivity index (χ3v) is 8.52. The van der Waals surface area contributed by atoms with E-state index < -0.39 is 11.9 Å². The summed E-state index contributed by atoms with van der Waals surface area (Å²) in [5, 5.41) is 19.7. The molecule has 49 heavy (non-hydrogen) atoms. The number of carboxylic acids is 1. The number of rotatable bonds is 5. The van der Waals surface area contributed by atoms with Crippen LogP contribution >= 0.6 is 81.7 Å². The molecule has 5 rings (SSSR count). The Kier molecular flexibility index (Phi) is 22.5. The Labute approximate surface area is 356 Å². The Balaban J connectivity index is 0.000000645. The molecule has 5 aromatic heterocycles. The number of thiophene rings is 2. The van der Waals surface area contributed by atoms with Gasteiger partial charge in [0.05, 0.1) is 35.9 Å². The summed E-state index contributed by atoms with van der Waals surface area (Å²) in [6.45, 7) is 4.28. The fraction of sp³-hybridized carbons (Fsp3) is 0.179. The molecule has 0 saturated carbocycles. The number of aromatic nitrogens is 3. The summed E-state index contributed by atoms with van der Waals surface area (Å²) in [7, 11) is 0. The molecule has 0 atom stereocenters. The third-order valence-electron chi connectivity index (χ3n) is 5.14. The van der Waals surface area contributed by atoms with E-state index in [4.69, 9.17) is 73.0 Å². The molecule has 0 aliphatic carbocycles. The minimum Gasteiger partial charge on any atom is -0.870 e. The molecular weight excluding hydrogens is 809 g/mol. The molecule has 0 aliphatic rings. The van der Waals surface area contributed by atoms with Crippen molar-refractivity contribution in [3.8, 4) is 6.07 Å². The zero-order valence-electron chi connectivity index (χ0n) is 25.7. The summed E-state index contributed by atoms with van der Waals surface area (Å²) < 4.78 is 9.37. The molecule has 0 spiro atoms. The second-order valence-corrected chi connectivity index (χ2v) is 12.1.